The molecular weight excluding hydrogens is 270 g/mol. The van der Waals surface area contributed by atoms with E-state index < -0.39 is 0 Å². The summed E-state index contributed by atoms with van der Waals surface area (Å²) in [6.45, 7) is 6.19. The maximum absolute atomic E-state index is 6.33. The van der Waals surface area contributed by atoms with Gasteiger partial charge in [0.25, 0.3) is 0 Å². The van der Waals surface area contributed by atoms with Crippen molar-refractivity contribution in [3.63, 3.8) is 0 Å². The molecule has 0 atom stereocenters. The first kappa shape index (κ1) is 14.6. The van der Waals surface area contributed by atoms with Crippen LogP contribution in [-0.2, 0) is 0 Å². The van der Waals surface area contributed by atoms with E-state index in [1.165, 1.54) is 5.56 Å². The van der Waals surface area contributed by atoms with Crippen LogP contribution in [0.1, 0.15) is 22.3 Å². The van der Waals surface area contributed by atoms with Crippen LogP contribution >= 0.6 is 11.6 Å². The highest BCUT2D eigenvalue weighted by atomic mass is 35.5. The Morgan fingerprint density at radius 1 is 1.00 bits per heavy atom. The standard InChI is InChI=1S/C17H18ClNO/c1-11-9-12(2)16(13(3)10-11)19-17(18)14-5-7-15(20-4)8-6-14/h5-10H,1-4H3. The van der Waals surface area contributed by atoms with Crippen molar-refractivity contribution in [1.82, 2.24) is 0 Å². The Bertz CT molecular complexity index is 622. The lowest BCUT2D eigenvalue weighted by molar-refractivity contribution is 0.415. The number of halogens is 1. The SMILES string of the molecule is COc1ccc(C(Cl)=Nc2c(C)cc(C)cc2C)cc1. The molecule has 0 amide bonds. The molecule has 3 heteroatoms. The number of aryl methyl sites for hydroxylation is 3. The molecule has 0 N–H and O–H groups in total. The van der Waals surface area contributed by atoms with Crippen molar-refractivity contribution in [2.45, 2.75) is 20.8 Å². The van der Waals surface area contributed by atoms with Crippen LogP contribution in [0, 0.1) is 20.8 Å². The second-order valence-corrected chi connectivity index (χ2v) is 5.24. The molecule has 2 nitrogen and oxygen atoms in total. The topological polar surface area (TPSA) is 21.6 Å². The second-order valence-electron chi connectivity index (χ2n) is 4.88. The summed E-state index contributed by atoms with van der Waals surface area (Å²) in [5, 5.41) is 0.489. The second kappa shape index (κ2) is 6.10. The van der Waals surface area contributed by atoms with E-state index >= 15 is 0 Å². The molecule has 0 saturated carbocycles. The molecule has 0 aromatic heterocycles. The zero-order valence-electron chi connectivity index (χ0n) is 12.2. The Morgan fingerprint density at radius 2 is 1.55 bits per heavy atom. The average Bonchev–Trinajstić information content (AvgIpc) is 2.42. The summed E-state index contributed by atoms with van der Waals surface area (Å²) in [5.74, 6) is 0.806. The monoisotopic (exact) mass is 287 g/mol. The zero-order chi connectivity index (χ0) is 14.7. The normalized spacial score (nSPS) is 11.6. The first-order valence-corrected chi connectivity index (χ1v) is 6.85. The maximum Gasteiger partial charge on any atom is 0.136 e. The Balaban J connectivity index is 2.39. The number of hydrogen-bond donors (Lipinski definition) is 0. The molecule has 2 aromatic carbocycles. The van der Waals surface area contributed by atoms with Crippen molar-refractivity contribution < 1.29 is 4.74 Å². The van der Waals surface area contributed by atoms with Crippen LogP contribution in [0.4, 0.5) is 5.69 Å². The Kier molecular flexibility index (Phi) is 4.46. The summed E-state index contributed by atoms with van der Waals surface area (Å²) in [6, 6.07) is 11.8. The van der Waals surface area contributed by atoms with Crippen LogP contribution in [0.5, 0.6) is 5.75 Å². The van der Waals surface area contributed by atoms with Gasteiger partial charge in [-0.25, -0.2) is 4.99 Å². The Hall–Kier alpha value is -1.80. The van der Waals surface area contributed by atoms with Crippen molar-refractivity contribution in [2.24, 2.45) is 4.99 Å². The van der Waals surface area contributed by atoms with Gasteiger partial charge < -0.3 is 4.74 Å². The summed E-state index contributed by atoms with van der Waals surface area (Å²) < 4.78 is 5.14. The van der Waals surface area contributed by atoms with Gasteiger partial charge in [-0.15, -0.1) is 0 Å². The van der Waals surface area contributed by atoms with E-state index in [1.807, 2.05) is 24.3 Å². The third-order valence-electron chi connectivity index (χ3n) is 3.17. The minimum Gasteiger partial charge on any atom is -0.497 e. The third kappa shape index (κ3) is 3.20. The molecule has 104 valence electrons. The van der Waals surface area contributed by atoms with Crippen molar-refractivity contribution >= 4 is 22.5 Å². The van der Waals surface area contributed by atoms with E-state index in [1.54, 1.807) is 7.11 Å². The number of rotatable bonds is 3. The molecule has 0 radical (unpaired) electrons. The average molecular weight is 288 g/mol. The van der Waals surface area contributed by atoms with Crippen molar-refractivity contribution in [1.29, 1.82) is 0 Å². The Morgan fingerprint density at radius 3 is 2.05 bits per heavy atom. The van der Waals surface area contributed by atoms with Crippen LogP contribution < -0.4 is 4.74 Å². The summed E-state index contributed by atoms with van der Waals surface area (Å²) >= 11 is 6.33. The predicted molar refractivity (Wildman–Crippen MR) is 85.7 cm³/mol. The van der Waals surface area contributed by atoms with Crippen molar-refractivity contribution in [3.8, 4) is 5.75 Å². The molecule has 0 fully saturated rings. The number of nitrogens with zero attached hydrogens (tertiary/aromatic N) is 1. The first-order valence-electron chi connectivity index (χ1n) is 6.47. The van der Waals surface area contributed by atoms with Gasteiger partial charge in [0.1, 0.15) is 10.9 Å². The fourth-order valence-electron chi connectivity index (χ4n) is 2.24. The lowest BCUT2D eigenvalue weighted by Gasteiger charge is -2.08. The zero-order valence-corrected chi connectivity index (χ0v) is 13.0. The molecule has 0 aliphatic carbocycles. The molecular formula is C17H18ClNO. The predicted octanol–water partition coefficient (Wildman–Crippen LogP) is 4.94. The van der Waals surface area contributed by atoms with E-state index in [0.717, 1.165) is 28.1 Å². The van der Waals surface area contributed by atoms with Gasteiger partial charge in [0.2, 0.25) is 0 Å². The van der Waals surface area contributed by atoms with Gasteiger partial charge in [0.05, 0.1) is 12.8 Å². The molecule has 2 rings (SSSR count). The maximum atomic E-state index is 6.33. The van der Waals surface area contributed by atoms with Gasteiger partial charge >= 0.3 is 0 Å². The summed E-state index contributed by atoms with van der Waals surface area (Å²) in [6.07, 6.45) is 0. The van der Waals surface area contributed by atoms with E-state index in [-0.39, 0.29) is 0 Å². The molecule has 0 heterocycles. The quantitative estimate of drug-likeness (QED) is 0.733. The van der Waals surface area contributed by atoms with Crippen LogP contribution in [-0.4, -0.2) is 12.3 Å². The fraction of sp³-hybridized carbons (Fsp3) is 0.235. The van der Waals surface area contributed by atoms with E-state index in [9.17, 15) is 0 Å². The van der Waals surface area contributed by atoms with E-state index in [4.69, 9.17) is 16.3 Å². The van der Waals surface area contributed by atoms with Crippen molar-refractivity contribution in [3.05, 3.63) is 58.7 Å². The van der Waals surface area contributed by atoms with Crippen LogP contribution in [0.2, 0.25) is 0 Å². The molecule has 2 aromatic rings. The lowest BCUT2D eigenvalue weighted by atomic mass is 10.1. The third-order valence-corrected chi connectivity index (χ3v) is 3.48. The smallest absolute Gasteiger partial charge is 0.136 e. The number of hydrogen-bond acceptors (Lipinski definition) is 2. The summed E-state index contributed by atoms with van der Waals surface area (Å²) in [4.78, 5) is 4.57. The highest BCUT2D eigenvalue weighted by Gasteiger charge is 2.06. The largest absolute Gasteiger partial charge is 0.497 e. The molecule has 0 aliphatic heterocycles. The number of aliphatic imine (C=N–C) groups is 1. The minimum absolute atomic E-state index is 0.489. The summed E-state index contributed by atoms with van der Waals surface area (Å²) in [5.41, 5.74) is 5.33. The number of ether oxygens (including phenoxy) is 1. The molecule has 0 bridgehead atoms. The van der Waals surface area contributed by atoms with Crippen LogP contribution in [0.25, 0.3) is 0 Å². The lowest BCUT2D eigenvalue weighted by Crippen LogP contribution is -1.93. The van der Waals surface area contributed by atoms with Crippen LogP contribution in [0.15, 0.2) is 41.4 Å². The fourth-order valence-corrected chi connectivity index (χ4v) is 2.45. The van der Waals surface area contributed by atoms with Gasteiger partial charge in [0, 0.05) is 5.56 Å². The molecule has 20 heavy (non-hydrogen) atoms. The van der Waals surface area contributed by atoms with E-state index in [2.05, 4.69) is 37.9 Å². The highest BCUT2D eigenvalue weighted by Crippen LogP contribution is 2.27. The summed E-state index contributed by atoms with van der Waals surface area (Å²) in [7, 11) is 1.64. The molecule has 0 aliphatic rings. The Labute approximate surface area is 125 Å². The van der Waals surface area contributed by atoms with Crippen molar-refractivity contribution in [2.75, 3.05) is 7.11 Å². The number of methoxy groups -OCH3 is 1. The number of benzene rings is 2. The molecule has 0 saturated heterocycles. The minimum atomic E-state index is 0.489. The van der Waals surface area contributed by atoms with Gasteiger partial charge in [0.15, 0.2) is 0 Å². The molecule has 0 unspecified atom stereocenters. The van der Waals surface area contributed by atoms with Gasteiger partial charge in [-0.05, 0) is 56.2 Å². The first-order chi connectivity index (χ1) is 9.51. The molecule has 0 spiro atoms. The highest BCUT2D eigenvalue weighted by molar-refractivity contribution is 6.69. The van der Waals surface area contributed by atoms with Crippen LogP contribution in [0.3, 0.4) is 0 Å². The van der Waals surface area contributed by atoms with Gasteiger partial charge in [-0.3, -0.25) is 0 Å². The van der Waals surface area contributed by atoms with Gasteiger partial charge in [-0.1, -0.05) is 29.3 Å². The van der Waals surface area contributed by atoms with Gasteiger partial charge in [-0.2, -0.15) is 0 Å². The van der Waals surface area contributed by atoms with E-state index in [0.29, 0.717) is 5.17 Å².